The van der Waals surface area contributed by atoms with Gasteiger partial charge in [-0.3, -0.25) is 33.6 Å². The third kappa shape index (κ3) is 12.9. The van der Waals surface area contributed by atoms with Gasteiger partial charge >= 0.3 is 0 Å². The summed E-state index contributed by atoms with van der Waals surface area (Å²) in [5.41, 5.74) is 9.03. The highest BCUT2D eigenvalue weighted by molar-refractivity contribution is 6.00. The van der Waals surface area contributed by atoms with E-state index in [1.807, 2.05) is 12.1 Å². The maximum absolute atomic E-state index is 14.4. The van der Waals surface area contributed by atoms with Crippen molar-refractivity contribution in [1.29, 1.82) is 0 Å². The molecule has 22 nitrogen and oxygen atoms in total. The molecule has 388 valence electrons. The largest absolute Gasteiger partial charge is 0.508 e. The Kier molecular flexibility index (Phi) is 17.2. The number of anilines is 2. The fraction of sp³-hybridized carbons (Fsp3) is 0.500. The number of hydrogen-bond acceptors (Lipinski definition) is 15. The number of rotatable bonds is 9. The number of hydrogen-bond donors (Lipinski definition) is 11. The molecule has 4 saturated heterocycles. The van der Waals surface area contributed by atoms with Crippen molar-refractivity contribution in [1.82, 2.24) is 36.4 Å². The number of aromatic hydroxyl groups is 2. The normalized spacial score (nSPS) is 27.1. The van der Waals surface area contributed by atoms with Crippen LogP contribution in [0.1, 0.15) is 61.9 Å². The minimum atomic E-state index is -1.68. The van der Waals surface area contributed by atoms with Crippen LogP contribution in [0.2, 0.25) is 0 Å². The summed E-state index contributed by atoms with van der Waals surface area (Å²) in [5.74, 6) is -5.38. The van der Waals surface area contributed by atoms with Gasteiger partial charge in [0, 0.05) is 75.2 Å². The Morgan fingerprint density at radius 2 is 1.19 bits per heavy atom. The molecule has 0 aromatic heterocycles. The van der Waals surface area contributed by atoms with Crippen molar-refractivity contribution in [3.05, 3.63) is 83.9 Å². The van der Waals surface area contributed by atoms with E-state index < -0.39 is 102 Å². The lowest BCUT2D eigenvalue weighted by Gasteiger charge is -2.37. The molecule has 72 heavy (non-hydrogen) atoms. The zero-order valence-electron chi connectivity index (χ0n) is 40.4. The van der Waals surface area contributed by atoms with E-state index in [-0.39, 0.29) is 75.2 Å². The molecule has 0 saturated carbocycles. The average Bonchev–Trinajstić information content (AvgIpc) is 3.96. The SMILES string of the molecule is C[C@@H](O)[C@@H]1NC(=O)[C@H](CCc2ccc(O)cc2)NC(=O)[C@@H]2C[C@@H](O)CN2C(=O)[C@H]([C@@H](C)O)NC(=O)[C@@H](NC(=O)c2ccc(N3CCN(c4ccc(O)cc4)CC3)cc2)CCCNC(=O)[C@@H]2C[C@H](N)CN2C1=O. The van der Waals surface area contributed by atoms with Crippen LogP contribution in [0, 0.1) is 0 Å². The Morgan fingerprint density at radius 3 is 1.76 bits per heavy atom. The van der Waals surface area contributed by atoms with Crippen LogP contribution in [0.4, 0.5) is 11.4 Å². The molecule has 0 spiro atoms. The lowest BCUT2D eigenvalue weighted by Crippen LogP contribution is -2.61. The predicted octanol–water partition coefficient (Wildman–Crippen LogP) is -1.83. The fourth-order valence-corrected chi connectivity index (χ4v) is 9.68. The molecule has 0 radical (unpaired) electrons. The number of benzene rings is 3. The second-order valence-electron chi connectivity index (χ2n) is 19.1. The lowest BCUT2D eigenvalue weighted by atomic mass is 10.0. The van der Waals surface area contributed by atoms with Crippen LogP contribution in [-0.2, 0) is 35.2 Å². The number of aryl methyl sites for hydroxylation is 1. The number of aliphatic hydroxyl groups is 3. The molecule has 7 rings (SSSR count). The number of nitrogens with one attached hydrogen (secondary N) is 5. The molecule has 4 aliphatic heterocycles. The summed E-state index contributed by atoms with van der Waals surface area (Å²) >= 11 is 0. The van der Waals surface area contributed by atoms with Crippen molar-refractivity contribution in [3.8, 4) is 11.5 Å². The molecule has 22 heteroatoms. The molecule has 3 aromatic carbocycles. The van der Waals surface area contributed by atoms with E-state index in [1.54, 1.807) is 48.5 Å². The van der Waals surface area contributed by atoms with Crippen molar-refractivity contribution < 1.29 is 59.1 Å². The summed E-state index contributed by atoms with van der Waals surface area (Å²) < 4.78 is 0. The minimum Gasteiger partial charge on any atom is -0.508 e. The first kappa shape index (κ1) is 52.8. The predicted molar refractivity (Wildman–Crippen MR) is 262 cm³/mol. The van der Waals surface area contributed by atoms with Crippen LogP contribution >= 0.6 is 0 Å². The lowest BCUT2D eigenvalue weighted by molar-refractivity contribution is -0.145. The molecule has 4 heterocycles. The number of nitrogens with zero attached hydrogens (tertiary/aromatic N) is 4. The molecule has 4 aliphatic rings. The second kappa shape index (κ2) is 23.5. The van der Waals surface area contributed by atoms with Gasteiger partial charge in [0.25, 0.3) is 5.91 Å². The summed E-state index contributed by atoms with van der Waals surface area (Å²) in [6, 6.07) is 10.8. The standard InChI is InChI=1S/C50H66N10O12/c1-28(61)42-49(71)59-26-32(51)24-40(59)47(69)52-19-3-4-38(53-44(66)31-8-10-33(11-9-31)57-20-22-58(23-21-57)34-12-16-36(64)17-13-34)45(67)55-43(29(2)62)50(72)60-27-37(65)25-41(60)48(70)54-39(46(68)56-42)18-7-30-5-14-35(63)15-6-30/h5-6,8-17,28-29,32,37-43,61-65H,3-4,7,18-27,51H2,1-2H3,(H,52,69)(H,53,66)(H,54,70)(H,55,67)(H,56,68)/t28-,29-,32+,37-,38+,39+,40+,41+,42+,43+/m1/s1. The Bertz CT molecular complexity index is 2420. The summed E-state index contributed by atoms with van der Waals surface area (Å²) in [6.45, 7) is 4.88. The highest BCUT2D eigenvalue weighted by Crippen LogP contribution is 2.25. The number of phenols is 2. The van der Waals surface area contributed by atoms with Crippen molar-refractivity contribution >= 4 is 52.7 Å². The number of phenolic OH excluding ortho intramolecular Hbond substituents is 2. The van der Waals surface area contributed by atoms with Gasteiger partial charge in [-0.15, -0.1) is 0 Å². The number of nitrogens with two attached hydrogens (primary N) is 1. The van der Waals surface area contributed by atoms with Gasteiger partial charge in [0.2, 0.25) is 35.4 Å². The van der Waals surface area contributed by atoms with Gasteiger partial charge < -0.3 is 77.4 Å². The van der Waals surface area contributed by atoms with Crippen molar-refractivity contribution in [2.45, 2.75) is 113 Å². The van der Waals surface area contributed by atoms with E-state index in [1.165, 1.54) is 30.9 Å². The summed E-state index contributed by atoms with van der Waals surface area (Å²) in [6.07, 6.45) is -4.35. The number of piperazine rings is 1. The minimum absolute atomic E-state index is 0.00245. The summed E-state index contributed by atoms with van der Waals surface area (Å²) in [7, 11) is 0. The van der Waals surface area contributed by atoms with Gasteiger partial charge in [0.1, 0.15) is 47.8 Å². The molecule has 3 aromatic rings. The maximum Gasteiger partial charge on any atom is 0.251 e. The smallest absolute Gasteiger partial charge is 0.251 e. The Hall–Kier alpha value is -7.01. The van der Waals surface area contributed by atoms with Gasteiger partial charge in [-0.25, -0.2) is 0 Å². The van der Waals surface area contributed by atoms with E-state index in [2.05, 4.69) is 36.4 Å². The molecule has 10 atom stereocenters. The molecule has 12 N–H and O–H groups in total. The van der Waals surface area contributed by atoms with E-state index in [9.17, 15) is 59.1 Å². The molecule has 0 unspecified atom stereocenters. The van der Waals surface area contributed by atoms with Crippen LogP contribution < -0.4 is 42.1 Å². The molecule has 4 fully saturated rings. The summed E-state index contributed by atoms with van der Waals surface area (Å²) in [4.78, 5) is 105. The highest BCUT2D eigenvalue weighted by atomic mass is 16.3. The van der Waals surface area contributed by atoms with Crippen LogP contribution in [0.5, 0.6) is 11.5 Å². The second-order valence-corrected chi connectivity index (χ2v) is 19.1. The first-order valence-corrected chi connectivity index (χ1v) is 24.4. The third-order valence-corrected chi connectivity index (χ3v) is 13.7. The van der Waals surface area contributed by atoms with Gasteiger partial charge in [0.05, 0.1) is 18.3 Å². The third-order valence-electron chi connectivity index (χ3n) is 13.7. The number of carbonyl (C=O) groups is 7. The molecule has 0 aliphatic carbocycles. The monoisotopic (exact) mass is 998 g/mol. The van der Waals surface area contributed by atoms with Gasteiger partial charge in [-0.05, 0) is 112 Å². The van der Waals surface area contributed by atoms with Crippen LogP contribution in [-0.4, -0.2) is 183 Å². The zero-order chi connectivity index (χ0) is 51.8. The van der Waals surface area contributed by atoms with E-state index >= 15 is 0 Å². The quantitative estimate of drug-likeness (QED) is 0.112. The van der Waals surface area contributed by atoms with Crippen LogP contribution in [0.15, 0.2) is 72.8 Å². The number of fused-ring (bicyclic) bond motifs is 2. The van der Waals surface area contributed by atoms with Crippen LogP contribution in [0.3, 0.4) is 0 Å². The van der Waals surface area contributed by atoms with Crippen molar-refractivity contribution in [2.75, 3.05) is 55.6 Å². The number of aliphatic hydroxyl groups excluding tert-OH is 3. The molecular formula is C50H66N10O12. The first-order valence-electron chi connectivity index (χ1n) is 24.4. The zero-order valence-corrected chi connectivity index (χ0v) is 40.4. The molecule has 7 amide bonds. The first-order chi connectivity index (χ1) is 34.4. The molecule has 0 bridgehead atoms. The van der Waals surface area contributed by atoms with Gasteiger partial charge in [0.15, 0.2) is 0 Å². The van der Waals surface area contributed by atoms with E-state index in [0.29, 0.717) is 18.7 Å². The summed E-state index contributed by atoms with van der Waals surface area (Å²) in [5, 5.41) is 65.5. The number of amides is 7. The highest BCUT2D eigenvalue weighted by Gasteiger charge is 2.46. The fourth-order valence-electron chi connectivity index (χ4n) is 9.68. The van der Waals surface area contributed by atoms with E-state index in [4.69, 9.17) is 5.73 Å². The van der Waals surface area contributed by atoms with Crippen LogP contribution in [0.25, 0.3) is 0 Å². The van der Waals surface area contributed by atoms with Crippen molar-refractivity contribution in [3.63, 3.8) is 0 Å². The van der Waals surface area contributed by atoms with E-state index in [0.717, 1.165) is 29.4 Å². The Labute approximate surface area is 416 Å². The topological polar surface area (TPSA) is 320 Å². The van der Waals surface area contributed by atoms with Gasteiger partial charge in [-0.2, -0.15) is 0 Å². The number of carbonyl (C=O) groups excluding carboxylic acids is 7. The Morgan fingerprint density at radius 1 is 0.681 bits per heavy atom. The van der Waals surface area contributed by atoms with Crippen molar-refractivity contribution in [2.24, 2.45) is 5.73 Å². The average molecular weight is 999 g/mol. The molecular weight excluding hydrogens is 933 g/mol. The Balaban J connectivity index is 1.12. The van der Waals surface area contributed by atoms with Gasteiger partial charge in [-0.1, -0.05) is 12.1 Å². The maximum atomic E-state index is 14.4.